The van der Waals surface area contributed by atoms with E-state index in [-0.39, 0.29) is 5.56 Å². The Bertz CT molecular complexity index is 774. The van der Waals surface area contributed by atoms with Gasteiger partial charge in [0.25, 0.3) is 0 Å². The maximum atomic E-state index is 11.4. The van der Waals surface area contributed by atoms with Crippen LogP contribution in [0.25, 0.3) is 0 Å². The van der Waals surface area contributed by atoms with Gasteiger partial charge in [-0.1, -0.05) is 84.9 Å². The van der Waals surface area contributed by atoms with Crippen molar-refractivity contribution in [3.63, 3.8) is 0 Å². The molecule has 0 fully saturated rings. The van der Waals surface area contributed by atoms with Gasteiger partial charge in [0.1, 0.15) is 19.6 Å². The number of hydrogen-bond donors (Lipinski definition) is 1. The highest BCUT2D eigenvalue weighted by Gasteiger charge is 2.14. The molecule has 3 heteroatoms. The lowest BCUT2D eigenvalue weighted by Crippen LogP contribution is -3.08. The lowest BCUT2D eigenvalue weighted by molar-refractivity contribution is -0.941. The van der Waals surface area contributed by atoms with E-state index < -0.39 is 5.97 Å². The van der Waals surface area contributed by atoms with Crippen molar-refractivity contribution < 1.29 is 14.8 Å². The third-order valence-electron chi connectivity index (χ3n) is 4.27. The summed E-state index contributed by atoms with van der Waals surface area (Å²) in [5, 5.41) is 11.4. The smallest absolute Gasteiger partial charge is 0.104 e. The Labute approximate surface area is 148 Å². The molecule has 3 rings (SSSR count). The van der Waals surface area contributed by atoms with Crippen LogP contribution in [0.2, 0.25) is 0 Å². The fraction of sp³-hybridized carbons (Fsp3) is 0.136. The van der Waals surface area contributed by atoms with E-state index in [1.807, 2.05) is 48.5 Å². The summed E-state index contributed by atoms with van der Waals surface area (Å²) in [6.45, 7) is 2.29. The molecular formula is C22H21NO2. The van der Waals surface area contributed by atoms with E-state index in [0.717, 1.165) is 18.7 Å². The van der Waals surface area contributed by atoms with Crippen molar-refractivity contribution in [3.8, 4) is 0 Å². The summed E-state index contributed by atoms with van der Waals surface area (Å²) in [6.07, 6.45) is 0. The highest BCUT2D eigenvalue weighted by Crippen LogP contribution is 2.07. The van der Waals surface area contributed by atoms with Gasteiger partial charge in [0.15, 0.2) is 0 Å². The highest BCUT2D eigenvalue weighted by molar-refractivity contribution is 5.87. The predicted molar refractivity (Wildman–Crippen MR) is 95.7 cm³/mol. The van der Waals surface area contributed by atoms with E-state index in [1.54, 1.807) is 12.1 Å². The van der Waals surface area contributed by atoms with Gasteiger partial charge in [-0.15, -0.1) is 0 Å². The number of carbonyl (C=O) groups excluding carboxylic acids is 1. The molecule has 0 aliphatic carbocycles. The van der Waals surface area contributed by atoms with Crippen LogP contribution in [0.3, 0.4) is 0 Å². The van der Waals surface area contributed by atoms with Gasteiger partial charge < -0.3 is 14.8 Å². The van der Waals surface area contributed by atoms with Crippen molar-refractivity contribution in [1.82, 2.24) is 0 Å². The number of quaternary nitrogens is 1. The van der Waals surface area contributed by atoms with Crippen molar-refractivity contribution in [2.45, 2.75) is 19.6 Å². The van der Waals surface area contributed by atoms with Gasteiger partial charge in [-0.3, -0.25) is 0 Å². The normalized spacial score (nSPS) is 10.8. The summed E-state index contributed by atoms with van der Waals surface area (Å²) >= 11 is 0. The number of carboxylic acid groups (broad SMARTS) is 1. The first-order valence-electron chi connectivity index (χ1n) is 8.43. The predicted octanol–water partition coefficient (Wildman–Crippen LogP) is 1.84. The van der Waals surface area contributed by atoms with Gasteiger partial charge in [-0.05, 0) is 0 Å². The summed E-state index contributed by atoms with van der Waals surface area (Å²) in [6, 6.07) is 27.7. The molecule has 0 atom stereocenters. The minimum Gasteiger partial charge on any atom is -0.545 e. The van der Waals surface area contributed by atoms with Crippen molar-refractivity contribution >= 4 is 5.97 Å². The van der Waals surface area contributed by atoms with Crippen LogP contribution < -0.4 is 10.0 Å². The molecule has 1 N–H and O–H groups in total. The van der Waals surface area contributed by atoms with Crippen molar-refractivity contribution in [2.24, 2.45) is 0 Å². The number of hydrogen-bond acceptors (Lipinski definition) is 2. The van der Waals surface area contributed by atoms with Crippen molar-refractivity contribution in [1.29, 1.82) is 0 Å². The molecule has 0 spiro atoms. The Hall–Kier alpha value is -2.91. The molecule has 0 saturated heterocycles. The largest absolute Gasteiger partial charge is 0.545 e. The van der Waals surface area contributed by atoms with Crippen molar-refractivity contribution in [2.75, 3.05) is 0 Å². The number of carboxylic acids is 1. The van der Waals surface area contributed by atoms with E-state index in [0.29, 0.717) is 6.54 Å². The second kappa shape index (κ2) is 8.27. The number of benzene rings is 3. The van der Waals surface area contributed by atoms with Gasteiger partial charge in [-0.2, -0.15) is 0 Å². The van der Waals surface area contributed by atoms with Crippen LogP contribution in [0.1, 0.15) is 27.0 Å². The van der Waals surface area contributed by atoms with E-state index >= 15 is 0 Å². The van der Waals surface area contributed by atoms with E-state index in [1.165, 1.54) is 16.0 Å². The quantitative estimate of drug-likeness (QED) is 0.718. The molecule has 0 aliphatic heterocycles. The summed E-state index contributed by atoms with van der Waals surface area (Å²) in [5.41, 5.74) is 3.56. The summed E-state index contributed by atoms with van der Waals surface area (Å²) in [7, 11) is 0. The fourth-order valence-electron chi connectivity index (χ4n) is 3.10. The van der Waals surface area contributed by atoms with Gasteiger partial charge in [0.05, 0.1) is 5.97 Å². The van der Waals surface area contributed by atoms with Crippen LogP contribution in [-0.2, 0) is 19.6 Å². The molecule has 3 aromatic carbocycles. The number of rotatable bonds is 7. The first kappa shape index (κ1) is 16.9. The molecule has 0 bridgehead atoms. The second-order valence-corrected chi connectivity index (χ2v) is 6.20. The van der Waals surface area contributed by atoms with Crippen LogP contribution >= 0.6 is 0 Å². The molecule has 0 aliphatic rings. The molecule has 0 unspecified atom stereocenters. The Kier molecular flexibility index (Phi) is 5.60. The van der Waals surface area contributed by atoms with Crippen LogP contribution in [0, 0.1) is 0 Å². The molecule has 0 aromatic heterocycles. The van der Waals surface area contributed by atoms with E-state index in [4.69, 9.17) is 0 Å². The minimum absolute atomic E-state index is 0.279. The Morgan fingerprint density at radius 3 is 1.68 bits per heavy atom. The summed E-state index contributed by atoms with van der Waals surface area (Å²) in [5.74, 6) is -1.12. The van der Waals surface area contributed by atoms with E-state index in [2.05, 4.69) is 24.3 Å². The zero-order valence-electron chi connectivity index (χ0n) is 14.0. The summed E-state index contributed by atoms with van der Waals surface area (Å²) in [4.78, 5) is 12.7. The number of aromatic carboxylic acids is 1. The SMILES string of the molecule is O=C([O-])c1ccccc1C[NH+](Cc1ccccc1)Cc1ccccc1. The van der Waals surface area contributed by atoms with Crippen LogP contribution in [0.5, 0.6) is 0 Å². The minimum atomic E-state index is -1.12. The molecule has 25 heavy (non-hydrogen) atoms. The van der Waals surface area contributed by atoms with Gasteiger partial charge >= 0.3 is 0 Å². The zero-order valence-corrected chi connectivity index (χ0v) is 14.0. The molecule has 126 valence electrons. The first-order chi connectivity index (χ1) is 12.2. The van der Waals surface area contributed by atoms with Crippen LogP contribution in [0.4, 0.5) is 0 Å². The van der Waals surface area contributed by atoms with Crippen LogP contribution in [0.15, 0.2) is 84.9 Å². The van der Waals surface area contributed by atoms with Gasteiger partial charge in [-0.25, -0.2) is 0 Å². The molecule has 0 amide bonds. The maximum Gasteiger partial charge on any atom is 0.104 e. The molecule has 0 heterocycles. The molecule has 3 nitrogen and oxygen atoms in total. The molecule has 0 radical (unpaired) electrons. The Balaban J connectivity index is 1.84. The topological polar surface area (TPSA) is 44.6 Å². The zero-order chi connectivity index (χ0) is 17.5. The second-order valence-electron chi connectivity index (χ2n) is 6.20. The molecule has 3 aromatic rings. The number of nitrogens with one attached hydrogen (secondary N) is 1. The maximum absolute atomic E-state index is 11.4. The van der Waals surface area contributed by atoms with E-state index in [9.17, 15) is 9.90 Å². The average molecular weight is 331 g/mol. The first-order valence-corrected chi connectivity index (χ1v) is 8.43. The van der Waals surface area contributed by atoms with Gasteiger partial charge in [0.2, 0.25) is 0 Å². The fourth-order valence-corrected chi connectivity index (χ4v) is 3.10. The third-order valence-corrected chi connectivity index (χ3v) is 4.27. The van der Waals surface area contributed by atoms with Gasteiger partial charge in [0, 0.05) is 22.3 Å². The van der Waals surface area contributed by atoms with Crippen molar-refractivity contribution in [3.05, 3.63) is 107 Å². The third kappa shape index (κ3) is 4.78. The Morgan fingerprint density at radius 2 is 1.16 bits per heavy atom. The average Bonchev–Trinajstić information content (AvgIpc) is 2.63. The lowest BCUT2D eigenvalue weighted by atomic mass is 10.1. The van der Waals surface area contributed by atoms with Crippen LogP contribution in [-0.4, -0.2) is 5.97 Å². The standard InChI is InChI=1S/C22H21NO2/c24-22(25)21-14-8-7-13-20(21)17-23(15-18-9-3-1-4-10-18)16-19-11-5-2-6-12-19/h1-14H,15-17H2,(H,24,25). The summed E-state index contributed by atoms with van der Waals surface area (Å²) < 4.78 is 0. The molecular weight excluding hydrogens is 310 g/mol. The Morgan fingerprint density at radius 1 is 0.680 bits per heavy atom. The lowest BCUT2D eigenvalue weighted by Gasteiger charge is -2.21. The number of carbonyl (C=O) groups is 1. The highest BCUT2D eigenvalue weighted by atomic mass is 16.4. The monoisotopic (exact) mass is 331 g/mol. The molecule has 0 saturated carbocycles.